The highest BCUT2D eigenvalue weighted by atomic mass is 16.5. The van der Waals surface area contributed by atoms with Gasteiger partial charge in [-0.05, 0) is 43.9 Å². The lowest BCUT2D eigenvalue weighted by Gasteiger charge is -2.16. The van der Waals surface area contributed by atoms with Gasteiger partial charge in [-0.3, -0.25) is 14.4 Å². The van der Waals surface area contributed by atoms with Gasteiger partial charge in [0.15, 0.2) is 0 Å². The number of hydrogen-bond donors (Lipinski definition) is 3. The number of anilines is 2. The molecule has 0 fully saturated rings. The third-order valence-corrected chi connectivity index (χ3v) is 6.00. The molecule has 3 N–H and O–H groups in total. The Hall–Kier alpha value is -4.33. The van der Waals surface area contributed by atoms with Crippen LogP contribution in [0.3, 0.4) is 0 Å². The second-order valence-corrected chi connectivity index (χ2v) is 8.97. The van der Waals surface area contributed by atoms with E-state index in [-0.39, 0.29) is 36.6 Å². The SMILES string of the molecule is COc1cc(NC(=O)c2ccccc2)c(OC)cc1NC(=O)CCCC(=O)N[C@@H](C)CCc1ccccc1. The Balaban J connectivity index is 1.49. The molecule has 0 aromatic heterocycles. The van der Waals surface area contributed by atoms with Gasteiger partial charge in [0.1, 0.15) is 11.5 Å². The topological polar surface area (TPSA) is 106 Å². The molecule has 3 aromatic rings. The number of benzene rings is 3. The van der Waals surface area contributed by atoms with Crippen molar-refractivity contribution in [2.45, 2.75) is 45.1 Å². The van der Waals surface area contributed by atoms with Gasteiger partial charge < -0.3 is 25.4 Å². The molecule has 0 unspecified atom stereocenters. The van der Waals surface area contributed by atoms with Gasteiger partial charge in [0.05, 0.1) is 25.6 Å². The van der Waals surface area contributed by atoms with Gasteiger partial charge in [-0.1, -0.05) is 48.5 Å². The summed E-state index contributed by atoms with van der Waals surface area (Å²) in [4.78, 5) is 37.5. The summed E-state index contributed by atoms with van der Waals surface area (Å²) >= 11 is 0. The van der Waals surface area contributed by atoms with Crippen LogP contribution in [0.2, 0.25) is 0 Å². The quantitative estimate of drug-likeness (QED) is 0.289. The normalized spacial score (nSPS) is 11.2. The van der Waals surface area contributed by atoms with Gasteiger partial charge in [-0.2, -0.15) is 0 Å². The molecule has 0 saturated carbocycles. The molecule has 3 aromatic carbocycles. The van der Waals surface area contributed by atoms with E-state index in [1.807, 2.05) is 31.2 Å². The van der Waals surface area contributed by atoms with Gasteiger partial charge in [-0.15, -0.1) is 0 Å². The first-order valence-electron chi connectivity index (χ1n) is 12.6. The third-order valence-electron chi connectivity index (χ3n) is 6.00. The lowest BCUT2D eigenvalue weighted by atomic mass is 10.1. The molecule has 8 nitrogen and oxygen atoms in total. The molecule has 0 radical (unpaired) electrons. The van der Waals surface area contributed by atoms with Crippen molar-refractivity contribution < 1.29 is 23.9 Å². The van der Waals surface area contributed by atoms with E-state index in [1.54, 1.807) is 36.4 Å². The predicted molar refractivity (Wildman–Crippen MR) is 149 cm³/mol. The van der Waals surface area contributed by atoms with Crippen LogP contribution in [-0.2, 0) is 16.0 Å². The molecule has 0 spiro atoms. The van der Waals surface area contributed by atoms with E-state index in [4.69, 9.17) is 9.47 Å². The Morgan fingerprint density at radius 2 is 1.32 bits per heavy atom. The van der Waals surface area contributed by atoms with Crippen LogP contribution in [0.25, 0.3) is 0 Å². The number of carbonyl (C=O) groups is 3. The summed E-state index contributed by atoms with van der Waals surface area (Å²) in [7, 11) is 2.95. The molecular weight excluding hydrogens is 482 g/mol. The molecule has 0 bridgehead atoms. The fraction of sp³-hybridized carbons (Fsp3) is 0.300. The molecule has 8 heteroatoms. The van der Waals surface area contributed by atoms with Crippen LogP contribution in [-0.4, -0.2) is 38.0 Å². The van der Waals surface area contributed by atoms with Crippen molar-refractivity contribution in [2.24, 2.45) is 0 Å². The lowest BCUT2D eigenvalue weighted by molar-refractivity contribution is -0.122. The Morgan fingerprint density at radius 1 is 0.763 bits per heavy atom. The molecular formula is C30H35N3O5. The summed E-state index contributed by atoms with van der Waals surface area (Å²) in [6, 6.07) is 22.2. The number of ether oxygens (including phenoxy) is 2. The van der Waals surface area contributed by atoms with Gasteiger partial charge in [-0.25, -0.2) is 0 Å². The zero-order valence-corrected chi connectivity index (χ0v) is 22.1. The third kappa shape index (κ3) is 8.65. The number of rotatable bonds is 13. The van der Waals surface area contributed by atoms with E-state index >= 15 is 0 Å². The van der Waals surface area contributed by atoms with Crippen molar-refractivity contribution in [3.8, 4) is 11.5 Å². The molecule has 3 amide bonds. The van der Waals surface area contributed by atoms with Crippen molar-refractivity contribution in [1.29, 1.82) is 0 Å². The highest BCUT2D eigenvalue weighted by Crippen LogP contribution is 2.36. The average Bonchev–Trinajstić information content (AvgIpc) is 2.93. The van der Waals surface area contributed by atoms with Crippen molar-refractivity contribution in [1.82, 2.24) is 5.32 Å². The lowest BCUT2D eigenvalue weighted by Crippen LogP contribution is -2.32. The molecule has 38 heavy (non-hydrogen) atoms. The molecule has 0 saturated heterocycles. The first kappa shape index (κ1) is 28.2. The number of nitrogens with one attached hydrogen (secondary N) is 3. The van der Waals surface area contributed by atoms with E-state index in [0.717, 1.165) is 12.8 Å². The van der Waals surface area contributed by atoms with Gasteiger partial charge in [0, 0.05) is 36.6 Å². The molecule has 0 aliphatic carbocycles. The van der Waals surface area contributed by atoms with Crippen LogP contribution in [0, 0.1) is 0 Å². The van der Waals surface area contributed by atoms with Gasteiger partial charge in [0.2, 0.25) is 11.8 Å². The van der Waals surface area contributed by atoms with Crippen LogP contribution in [0.15, 0.2) is 72.8 Å². The van der Waals surface area contributed by atoms with E-state index in [9.17, 15) is 14.4 Å². The predicted octanol–water partition coefficient (Wildman–Crippen LogP) is 5.20. The van der Waals surface area contributed by atoms with E-state index in [0.29, 0.717) is 34.9 Å². The minimum atomic E-state index is -0.296. The standard InChI is InChI=1S/C30H35N3O5/c1-21(17-18-22-11-6-4-7-12-22)31-28(34)15-10-16-29(35)32-24-19-27(38-3)25(20-26(24)37-2)33-30(36)23-13-8-5-9-14-23/h4-9,11-14,19-21H,10,15-18H2,1-3H3,(H,31,34)(H,32,35)(H,33,36)/t21-/m0/s1. The highest BCUT2D eigenvalue weighted by molar-refractivity contribution is 6.05. The van der Waals surface area contributed by atoms with Crippen LogP contribution < -0.4 is 25.4 Å². The fourth-order valence-corrected chi connectivity index (χ4v) is 3.95. The van der Waals surface area contributed by atoms with E-state index in [1.165, 1.54) is 19.8 Å². The second-order valence-electron chi connectivity index (χ2n) is 8.97. The minimum absolute atomic E-state index is 0.0501. The van der Waals surface area contributed by atoms with Crippen LogP contribution in [0.4, 0.5) is 11.4 Å². The van der Waals surface area contributed by atoms with Gasteiger partial charge >= 0.3 is 0 Å². The number of hydrogen-bond acceptors (Lipinski definition) is 5. The summed E-state index contributed by atoms with van der Waals surface area (Å²) in [5, 5.41) is 8.62. The largest absolute Gasteiger partial charge is 0.494 e. The minimum Gasteiger partial charge on any atom is -0.494 e. The second kappa shape index (κ2) is 14.4. The van der Waals surface area contributed by atoms with E-state index in [2.05, 4.69) is 28.1 Å². The zero-order chi connectivity index (χ0) is 27.3. The summed E-state index contributed by atoms with van der Waals surface area (Å²) in [5.41, 5.74) is 2.56. The van der Waals surface area contributed by atoms with Crippen molar-refractivity contribution in [2.75, 3.05) is 24.9 Å². The zero-order valence-electron chi connectivity index (χ0n) is 22.1. The number of methoxy groups -OCH3 is 2. The highest BCUT2D eigenvalue weighted by Gasteiger charge is 2.16. The number of amides is 3. The Bertz CT molecular complexity index is 1220. The first-order chi connectivity index (χ1) is 18.4. The molecule has 200 valence electrons. The number of carbonyl (C=O) groups excluding carboxylic acids is 3. The molecule has 0 aliphatic rings. The maximum Gasteiger partial charge on any atom is 0.255 e. The Morgan fingerprint density at radius 3 is 1.92 bits per heavy atom. The summed E-state index contributed by atoms with van der Waals surface area (Å²) in [6.07, 6.45) is 2.58. The average molecular weight is 518 g/mol. The van der Waals surface area contributed by atoms with Crippen LogP contribution in [0.5, 0.6) is 11.5 Å². The van der Waals surface area contributed by atoms with Gasteiger partial charge in [0.25, 0.3) is 5.91 Å². The summed E-state index contributed by atoms with van der Waals surface area (Å²) < 4.78 is 10.9. The van der Waals surface area contributed by atoms with E-state index < -0.39 is 0 Å². The molecule has 1 atom stereocenters. The smallest absolute Gasteiger partial charge is 0.255 e. The molecule has 0 heterocycles. The van der Waals surface area contributed by atoms with Crippen molar-refractivity contribution in [3.63, 3.8) is 0 Å². The first-order valence-corrected chi connectivity index (χ1v) is 12.6. The summed E-state index contributed by atoms with van der Waals surface area (Å²) in [5.74, 6) is 0.115. The molecule has 0 aliphatic heterocycles. The number of aryl methyl sites for hydroxylation is 1. The summed E-state index contributed by atoms with van der Waals surface area (Å²) in [6.45, 7) is 1.99. The van der Waals surface area contributed by atoms with Crippen LogP contribution >= 0.6 is 0 Å². The van der Waals surface area contributed by atoms with Crippen LogP contribution in [0.1, 0.15) is 48.5 Å². The Labute approximate surface area is 223 Å². The monoisotopic (exact) mass is 517 g/mol. The van der Waals surface area contributed by atoms with Crippen molar-refractivity contribution in [3.05, 3.63) is 83.9 Å². The molecule has 3 rings (SSSR count). The Kier molecular flexibility index (Phi) is 10.7. The maximum absolute atomic E-state index is 12.6. The fourth-order valence-electron chi connectivity index (χ4n) is 3.95. The van der Waals surface area contributed by atoms with Crippen molar-refractivity contribution >= 4 is 29.1 Å². The maximum atomic E-state index is 12.6.